The number of nitro benzene ring substituents is 1. The molecule has 0 saturated carbocycles. The normalized spacial score (nSPS) is 16.5. The molecule has 1 heterocycles. The fourth-order valence-electron chi connectivity index (χ4n) is 4.40. The van der Waals surface area contributed by atoms with Crippen molar-refractivity contribution in [3.8, 4) is 5.75 Å². The van der Waals surface area contributed by atoms with Gasteiger partial charge in [0.15, 0.2) is 4.90 Å². The lowest BCUT2D eigenvalue weighted by Gasteiger charge is -2.45. The molecule has 1 aliphatic heterocycles. The van der Waals surface area contributed by atoms with Crippen molar-refractivity contribution in [2.24, 2.45) is 0 Å². The number of para-hydroxylation sites is 1. The van der Waals surface area contributed by atoms with Gasteiger partial charge in [-0.3, -0.25) is 14.4 Å². The highest BCUT2D eigenvalue weighted by molar-refractivity contribution is 8.00. The van der Waals surface area contributed by atoms with E-state index in [4.69, 9.17) is 9.47 Å². The van der Waals surface area contributed by atoms with Crippen LogP contribution in [0.1, 0.15) is 29.8 Å². The Bertz CT molecular complexity index is 1460. The van der Waals surface area contributed by atoms with E-state index >= 15 is 0 Å². The van der Waals surface area contributed by atoms with Gasteiger partial charge in [0.1, 0.15) is 11.3 Å². The largest absolute Gasteiger partial charge is 0.496 e. The molecule has 11 heteroatoms. The number of nitro groups is 1. The van der Waals surface area contributed by atoms with Gasteiger partial charge in [-0.05, 0) is 29.8 Å². The van der Waals surface area contributed by atoms with Crippen LogP contribution in [0.2, 0.25) is 0 Å². The summed E-state index contributed by atoms with van der Waals surface area (Å²) in [7, 11) is -1.76. The van der Waals surface area contributed by atoms with Crippen molar-refractivity contribution >= 4 is 39.1 Å². The van der Waals surface area contributed by atoms with E-state index in [-0.39, 0.29) is 28.8 Å². The van der Waals surface area contributed by atoms with Crippen LogP contribution in [0.25, 0.3) is 0 Å². The smallest absolute Gasteiger partial charge is 0.341 e. The van der Waals surface area contributed by atoms with Gasteiger partial charge < -0.3 is 9.47 Å². The SMILES string of the molecule is COC(=O)c1cc2c(cc1OC)N(S(=O)(=O)c1ccccc1[N+](=O)[O-])CC(Sc1ccccc1)C2(C)C. The number of hydrogen-bond acceptors (Lipinski definition) is 8. The number of ether oxygens (including phenoxy) is 2. The van der Waals surface area contributed by atoms with Crippen LogP contribution in [0, 0.1) is 10.1 Å². The minimum atomic E-state index is -4.38. The van der Waals surface area contributed by atoms with E-state index in [1.54, 1.807) is 6.07 Å². The third kappa shape index (κ3) is 4.76. The van der Waals surface area contributed by atoms with Crippen molar-refractivity contribution in [2.75, 3.05) is 25.1 Å². The summed E-state index contributed by atoms with van der Waals surface area (Å²) >= 11 is 1.50. The number of methoxy groups -OCH3 is 2. The van der Waals surface area contributed by atoms with Crippen LogP contribution < -0.4 is 9.04 Å². The van der Waals surface area contributed by atoms with Crippen LogP contribution in [0.5, 0.6) is 5.75 Å². The minimum absolute atomic E-state index is 0.0364. The molecule has 0 N–H and O–H groups in total. The highest BCUT2D eigenvalue weighted by Crippen LogP contribution is 2.50. The second-order valence-electron chi connectivity index (χ2n) is 8.96. The van der Waals surface area contributed by atoms with Gasteiger partial charge in [-0.15, -0.1) is 11.8 Å². The number of thioether (sulfide) groups is 1. The van der Waals surface area contributed by atoms with Crippen LogP contribution in [0.15, 0.2) is 76.5 Å². The summed E-state index contributed by atoms with van der Waals surface area (Å²) in [6, 6.07) is 17.9. The lowest BCUT2D eigenvalue weighted by Crippen LogP contribution is -2.49. The first-order chi connectivity index (χ1) is 17.5. The van der Waals surface area contributed by atoms with Crippen LogP contribution in [-0.2, 0) is 20.2 Å². The molecular weight excluding hydrogens is 516 g/mol. The zero-order chi connectivity index (χ0) is 27.0. The van der Waals surface area contributed by atoms with E-state index in [1.165, 1.54) is 60.6 Å². The Morgan fingerprint density at radius 2 is 1.73 bits per heavy atom. The molecule has 37 heavy (non-hydrogen) atoms. The molecule has 3 aromatic rings. The first-order valence-corrected chi connectivity index (χ1v) is 13.6. The Morgan fingerprint density at radius 3 is 2.35 bits per heavy atom. The van der Waals surface area contributed by atoms with Gasteiger partial charge in [0.05, 0.1) is 24.8 Å². The zero-order valence-corrected chi connectivity index (χ0v) is 22.3. The predicted molar refractivity (Wildman–Crippen MR) is 141 cm³/mol. The fourth-order valence-corrected chi connectivity index (χ4v) is 7.43. The lowest BCUT2D eigenvalue weighted by molar-refractivity contribution is -0.387. The summed E-state index contributed by atoms with van der Waals surface area (Å²) < 4.78 is 39.6. The van der Waals surface area contributed by atoms with Gasteiger partial charge in [0, 0.05) is 34.2 Å². The average molecular weight is 543 g/mol. The molecular formula is C26H26N2O7S2. The maximum absolute atomic E-state index is 14.0. The monoisotopic (exact) mass is 542 g/mol. The quantitative estimate of drug-likeness (QED) is 0.232. The number of esters is 1. The standard InChI is InChI=1S/C26H26N2O7S2/c1-26(2)19-14-18(25(29)35-4)22(34-3)15-21(19)27(16-24(26)36-17-10-6-5-7-11-17)37(32,33)23-13-9-8-12-20(23)28(30)31/h5-15,24H,16H2,1-4H3. The fraction of sp³-hybridized carbons (Fsp3) is 0.269. The van der Waals surface area contributed by atoms with E-state index in [2.05, 4.69) is 0 Å². The van der Waals surface area contributed by atoms with Crippen LogP contribution >= 0.6 is 11.8 Å². The molecule has 4 rings (SSSR count). The third-order valence-electron chi connectivity index (χ3n) is 6.47. The summed E-state index contributed by atoms with van der Waals surface area (Å²) in [5.41, 5.74) is -0.0999. The van der Waals surface area contributed by atoms with Crippen molar-refractivity contribution in [1.29, 1.82) is 0 Å². The van der Waals surface area contributed by atoms with E-state index in [0.29, 0.717) is 5.56 Å². The third-order valence-corrected chi connectivity index (χ3v) is 9.87. The van der Waals surface area contributed by atoms with E-state index in [9.17, 15) is 23.3 Å². The van der Waals surface area contributed by atoms with E-state index < -0.39 is 36.9 Å². The Hall–Kier alpha value is -3.57. The summed E-state index contributed by atoms with van der Waals surface area (Å²) in [4.78, 5) is 24.1. The molecule has 0 spiro atoms. The number of benzene rings is 3. The molecule has 3 aromatic carbocycles. The highest BCUT2D eigenvalue weighted by atomic mass is 32.2. The van der Waals surface area contributed by atoms with Gasteiger partial charge in [-0.1, -0.05) is 44.2 Å². The van der Waals surface area contributed by atoms with Crippen molar-refractivity contribution in [1.82, 2.24) is 0 Å². The molecule has 194 valence electrons. The second kappa shape index (κ2) is 10.1. The molecule has 1 unspecified atom stereocenters. The van der Waals surface area contributed by atoms with Crippen molar-refractivity contribution in [3.05, 3.63) is 88.0 Å². The second-order valence-corrected chi connectivity index (χ2v) is 12.1. The molecule has 0 bridgehead atoms. The summed E-state index contributed by atoms with van der Waals surface area (Å²) in [6.45, 7) is 4.00. The Kier molecular flexibility index (Phi) is 7.20. The Labute approximate surface area is 219 Å². The average Bonchev–Trinajstić information content (AvgIpc) is 2.89. The maximum atomic E-state index is 14.0. The van der Waals surface area contributed by atoms with Crippen molar-refractivity contribution in [3.63, 3.8) is 0 Å². The maximum Gasteiger partial charge on any atom is 0.341 e. The van der Waals surface area contributed by atoms with Crippen LogP contribution in [0.4, 0.5) is 11.4 Å². The molecule has 9 nitrogen and oxygen atoms in total. The van der Waals surface area contributed by atoms with E-state index in [0.717, 1.165) is 4.90 Å². The van der Waals surface area contributed by atoms with Gasteiger partial charge in [-0.25, -0.2) is 13.2 Å². The molecule has 0 saturated heterocycles. The Morgan fingerprint density at radius 1 is 1.08 bits per heavy atom. The number of carbonyl (C=O) groups is 1. The molecule has 1 atom stereocenters. The van der Waals surface area contributed by atoms with Gasteiger partial charge in [0.2, 0.25) is 0 Å². The Balaban J connectivity index is 1.97. The van der Waals surface area contributed by atoms with Gasteiger partial charge in [-0.2, -0.15) is 0 Å². The lowest BCUT2D eigenvalue weighted by atomic mass is 9.77. The molecule has 1 aliphatic rings. The molecule has 0 aromatic heterocycles. The summed E-state index contributed by atoms with van der Waals surface area (Å²) in [5.74, 6) is -0.486. The molecule has 0 fully saturated rings. The van der Waals surface area contributed by atoms with Gasteiger partial charge >= 0.3 is 5.97 Å². The highest BCUT2D eigenvalue weighted by Gasteiger charge is 2.46. The van der Waals surface area contributed by atoms with Crippen molar-refractivity contribution < 1.29 is 27.6 Å². The molecule has 0 aliphatic carbocycles. The minimum Gasteiger partial charge on any atom is -0.496 e. The molecule has 0 radical (unpaired) electrons. The van der Waals surface area contributed by atoms with Crippen LogP contribution in [0.3, 0.4) is 0 Å². The number of hydrogen-bond donors (Lipinski definition) is 0. The summed E-state index contributed by atoms with van der Waals surface area (Å²) in [5, 5.41) is 11.4. The van der Waals surface area contributed by atoms with Gasteiger partial charge in [0.25, 0.3) is 15.7 Å². The predicted octanol–water partition coefficient (Wildman–Crippen LogP) is 5.04. The number of carbonyl (C=O) groups excluding carboxylic acids is 1. The van der Waals surface area contributed by atoms with Crippen LogP contribution in [-0.4, -0.2) is 45.3 Å². The number of sulfonamides is 1. The first-order valence-electron chi connectivity index (χ1n) is 11.3. The van der Waals surface area contributed by atoms with Crippen molar-refractivity contribution in [2.45, 2.75) is 34.3 Å². The zero-order valence-electron chi connectivity index (χ0n) is 20.7. The van der Waals surface area contributed by atoms with E-state index in [1.807, 2.05) is 44.2 Å². The molecule has 0 amide bonds. The number of rotatable bonds is 7. The number of nitrogens with zero attached hydrogens (tertiary/aromatic N) is 2. The summed E-state index contributed by atoms with van der Waals surface area (Å²) in [6.07, 6.45) is 0. The number of anilines is 1. The first kappa shape index (κ1) is 26.5. The topological polar surface area (TPSA) is 116 Å². The number of fused-ring (bicyclic) bond motifs is 1.